The van der Waals surface area contributed by atoms with E-state index in [1.54, 1.807) is 6.07 Å². The van der Waals surface area contributed by atoms with Gasteiger partial charge in [-0.25, -0.2) is 13.6 Å². The second kappa shape index (κ2) is 5.18. The molecular weight excluding hydrogens is 310 g/mol. The molecule has 0 radical (unpaired) electrons. The van der Waals surface area contributed by atoms with Crippen LogP contribution in [0.3, 0.4) is 0 Å². The predicted octanol–water partition coefficient (Wildman–Crippen LogP) is 0.859. The molecular formula is C13H17N3O5S. The summed E-state index contributed by atoms with van der Waals surface area (Å²) in [4.78, 5) is 12.1. The van der Waals surface area contributed by atoms with Crippen LogP contribution in [0.15, 0.2) is 23.1 Å². The molecule has 1 aromatic rings. The van der Waals surface area contributed by atoms with Crippen LogP contribution in [0.4, 0.5) is 11.4 Å². The molecule has 8 nitrogen and oxygen atoms in total. The first-order chi connectivity index (χ1) is 10.3. The van der Waals surface area contributed by atoms with Crippen molar-refractivity contribution in [1.29, 1.82) is 0 Å². The van der Waals surface area contributed by atoms with E-state index in [0.717, 1.165) is 12.8 Å². The average Bonchev–Trinajstić information content (AvgIpc) is 3.08. The Morgan fingerprint density at radius 2 is 2.14 bits per heavy atom. The molecule has 2 aliphatic heterocycles. The molecule has 0 aliphatic carbocycles. The summed E-state index contributed by atoms with van der Waals surface area (Å²) < 4.78 is 28.7. The maximum Gasteiger partial charge on any atom is 0.312 e. The van der Waals surface area contributed by atoms with E-state index in [1.165, 1.54) is 12.1 Å². The highest BCUT2D eigenvalue weighted by atomic mass is 32.2. The van der Waals surface area contributed by atoms with Crippen LogP contribution >= 0.6 is 0 Å². The smallest absolute Gasteiger partial charge is 0.312 e. The molecule has 120 valence electrons. The zero-order valence-corrected chi connectivity index (χ0v) is 12.7. The maximum absolute atomic E-state index is 11.6. The summed E-state index contributed by atoms with van der Waals surface area (Å²) in [5.74, 6) is 0. The molecule has 1 atom stereocenters. The third-order valence-electron chi connectivity index (χ3n) is 4.43. The Bertz CT molecular complexity index is 712. The average molecular weight is 327 g/mol. The standard InChI is InChI=1S/C13H17N3O5S/c14-22(19,20)11-3-1-2-10(12(11)16(17)18)15-6-4-13(8-15)5-7-21-9-13/h1-3H,4-9H2,(H2,14,19,20). The quantitative estimate of drug-likeness (QED) is 0.650. The second-order valence-corrected chi connectivity index (χ2v) is 7.43. The summed E-state index contributed by atoms with van der Waals surface area (Å²) in [5.41, 5.74) is -0.118. The van der Waals surface area contributed by atoms with Crippen molar-refractivity contribution in [1.82, 2.24) is 0 Å². The fraction of sp³-hybridized carbons (Fsp3) is 0.538. The molecule has 0 aromatic heterocycles. The van der Waals surface area contributed by atoms with E-state index in [2.05, 4.69) is 0 Å². The van der Waals surface area contributed by atoms with Crippen LogP contribution in [0.25, 0.3) is 0 Å². The van der Waals surface area contributed by atoms with Crippen molar-refractivity contribution in [2.75, 3.05) is 31.2 Å². The lowest BCUT2D eigenvalue weighted by Gasteiger charge is -2.23. The monoisotopic (exact) mass is 327 g/mol. The molecule has 0 amide bonds. The summed E-state index contributed by atoms with van der Waals surface area (Å²) in [5, 5.41) is 16.5. The maximum atomic E-state index is 11.6. The molecule has 3 rings (SSSR count). The van der Waals surface area contributed by atoms with Gasteiger partial charge in [0.1, 0.15) is 5.69 Å². The van der Waals surface area contributed by atoms with Crippen molar-refractivity contribution in [3.8, 4) is 0 Å². The van der Waals surface area contributed by atoms with Crippen LogP contribution in [-0.4, -0.2) is 39.6 Å². The first kappa shape index (κ1) is 15.2. The molecule has 2 heterocycles. The SMILES string of the molecule is NS(=O)(=O)c1cccc(N2CCC3(CCOC3)C2)c1[N+](=O)[O-]. The fourth-order valence-electron chi connectivity index (χ4n) is 3.29. The predicted molar refractivity (Wildman–Crippen MR) is 79.2 cm³/mol. The van der Waals surface area contributed by atoms with Crippen LogP contribution in [0.1, 0.15) is 12.8 Å². The van der Waals surface area contributed by atoms with Crippen LogP contribution in [-0.2, 0) is 14.8 Å². The molecule has 1 spiro atoms. The van der Waals surface area contributed by atoms with Crippen molar-refractivity contribution in [3.63, 3.8) is 0 Å². The number of nitrogens with two attached hydrogens (primary N) is 1. The van der Waals surface area contributed by atoms with E-state index < -0.39 is 25.5 Å². The van der Waals surface area contributed by atoms with Gasteiger partial charge < -0.3 is 9.64 Å². The van der Waals surface area contributed by atoms with Crippen molar-refractivity contribution < 1.29 is 18.1 Å². The van der Waals surface area contributed by atoms with Gasteiger partial charge >= 0.3 is 5.69 Å². The van der Waals surface area contributed by atoms with Gasteiger partial charge in [0.25, 0.3) is 0 Å². The molecule has 9 heteroatoms. The molecule has 2 N–H and O–H groups in total. The molecule has 0 saturated carbocycles. The zero-order valence-electron chi connectivity index (χ0n) is 11.9. The van der Waals surface area contributed by atoms with Gasteiger partial charge in [-0.15, -0.1) is 0 Å². The molecule has 1 aromatic carbocycles. The number of hydrogen-bond donors (Lipinski definition) is 1. The van der Waals surface area contributed by atoms with Crippen molar-refractivity contribution >= 4 is 21.4 Å². The van der Waals surface area contributed by atoms with Crippen LogP contribution in [0.2, 0.25) is 0 Å². The molecule has 1 unspecified atom stereocenters. The number of hydrogen-bond acceptors (Lipinski definition) is 6. The minimum absolute atomic E-state index is 0.0193. The Morgan fingerprint density at radius 1 is 1.36 bits per heavy atom. The van der Waals surface area contributed by atoms with E-state index in [4.69, 9.17) is 9.88 Å². The van der Waals surface area contributed by atoms with E-state index >= 15 is 0 Å². The van der Waals surface area contributed by atoms with Crippen molar-refractivity contribution in [2.24, 2.45) is 10.6 Å². The number of nitro benzene ring substituents is 1. The van der Waals surface area contributed by atoms with Gasteiger partial charge in [0.2, 0.25) is 10.0 Å². The van der Waals surface area contributed by atoms with Crippen molar-refractivity contribution in [3.05, 3.63) is 28.3 Å². The number of sulfonamides is 1. The van der Waals surface area contributed by atoms with Crippen LogP contribution in [0, 0.1) is 15.5 Å². The number of anilines is 1. The fourth-order valence-corrected chi connectivity index (χ4v) is 4.01. The Labute approximate surface area is 128 Å². The molecule has 22 heavy (non-hydrogen) atoms. The summed E-state index contributed by atoms with van der Waals surface area (Å²) in [7, 11) is -4.15. The Balaban J connectivity index is 2.03. The van der Waals surface area contributed by atoms with Gasteiger partial charge in [-0.3, -0.25) is 10.1 Å². The lowest BCUT2D eigenvalue weighted by Crippen LogP contribution is -2.28. The van der Waals surface area contributed by atoms with Gasteiger partial charge in [-0.2, -0.15) is 0 Å². The highest BCUT2D eigenvalue weighted by molar-refractivity contribution is 7.89. The number of nitrogens with zero attached hydrogens (tertiary/aromatic N) is 2. The first-order valence-electron chi connectivity index (χ1n) is 6.95. The molecule has 2 saturated heterocycles. The third kappa shape index (κ3) is 2.55. The lowest BCUT2D eigenvalue weighted by molar-refractivity contribution is -0.387. The van der Waals surface area contributed by atoms with Gasteiger partial charge in [-0.1, -0.05) is 6.07 Å². The lowest BCUT2D eigenvalue weighted by atomic mass is 9.87. The number of benzene rings is 1. The third-order valence-corrected chi connectivity index (χ3v) is 5.37. The van der Waals surface area contributed by atoms with E-state index in [0.29, 0.717) is 32.0 Å². The summed E-state index contributed by atoms with van der Waals surface area (Å²) in [6, 6.07) is 4.22. The Kier molecular flexibility index (Phi) is 3.58. The van der Waals surface area contributed by atoms with E-state index in [1.807, 2.05) is 4.90 Å². The molecule has 2 aliphatic rings. The minimum Gasteiger partial charge on any atom is -0.381 e. The van der Waals surface area contributed by atoms with Gasteiger partial charge in [0, 0.05) is 25.1 Å². The van der Waals surface area contributed by atoms with Gasteiger partial charge in [0.15, 0.2) is 4.90 Å². The van der Waals surface area contributed by atoms with Gasteiger partial charge in [0.05, 0.1) is 11.5 Å². The highest BCUT2D eigenvalue weighted by Gasteiger charge is 2.43. The summed E-state index contributed by atoms with van der Waals surface area (Å²) in [6.07, 6.45) is 1.80. The first-order valence-corrected chi connectivity index (χ1v) is 8.50. The number of nitro groups is 1. The largest absolute Gasteiger partial charge is 0.381 e. The van der Waals surface area contributed by atoms with Crippen LogP contribution < -0.4 is 10.0 Å². The number of ether oxygens (including phenoxy) is 1. The Hall–Kier alpha value is -1.71. The molecule has 2 fully saturated rings. The molecule has 0 bridgehead atoms. The summed E-state index contributed by atoms with van der Waals surface area (Å²) >= 11 is 0. The highest BCUT2D eigenvalue weighted by Crippen LogP contribution is 2.43. The minimum atomic E-state index is -4.15. The van der Waals surface area contributed by atoms with Crippen LogP contribution in [0.5, 0.6) is 0 Å². The number of rotatable bonds is 3. The second-order valence-electron chi connectivity index (χ2n) is 5.90. The normalized spacial score (nSPS) is 25.0. The number of primary sulfonamides is 1. The van der Waals surface area contributed by atoms with Crippen molar-refractivity contribution in [2.45, 2.75) is 17.7 Å². The zero-order chi connectivity index (χ0) is 16.0. The van der Waals surface area contributed by atoms with E-state index in [-0.39, 0.29) is 5.41 Å². The summed E-state index contributed by atoms with van der Waals surface area (Å²) in [6.45, 7) is 2.61. The number of para-hydroxylation sites is 1. The topological polar surface area (TPSA) is 116 Å². The van der Waals surface area contributed by atoms with Gasteiger partial charge in [-0.05, 0) is 25.0 Å². The van der Waals surface area contributed by atoms with E-state index in [9.17, 15) is 18.5 Å². The Morgan fingerprint density at radius 3 is 2.73 bits per heavy atom.